The average molecular weight is 373 g/mol. The van der Waals surface area contributed by atoms with Crippen molar-refractivity contribution in [2.45, 2.75) is 26.8 Å². The largest absolute Gasteiger partial charge is 0.459 e. The van der Waals surface area contributed by atoms with E-state index in [2.05, 4.69) is 23.3 Å². The van der Waals surface area contributed by atoms with E-state index >= 15 is 0 Å². The number of halogens is 1. The molecule has 0 amide bonds. The number of furan rings is 1. The Morgan fingerprint density at radius 2 is 2.11 bits per heavy atom. The maximum atomic E-state index is 5.76. The third-order valence-electron chi connectivity index (χ3n) is 2.89. The van der Waals surface area contributed by atoms with Crippen molar-refractivity contribution < 1.29 is 4.42 Å². The fraction of sp³-hybridized carbons (Fsp3) is 0.357. The minimum absolute atomic E-state index is 0. The number of benzene rings is 1. The second-order valence-corrected chi connectivity index (χ2v) is 4.27. The molecule has 1 aromatic carbocycles. The lowest BCUT2D eigenvalue weighted by Gasteiger charge is -2.02. The van der Waals surface area contributed by atoms with Crippen LogP contribution in [0.2, 0.25) is 0 Å². The molecule has 0 saturated heterocycles. The van der Waals surface area contributed by atoms with Crippen LogP contribution in [0.4, 0.5) is 0 Å². The number of fused-ring (bicyclic) bond motifs is 1. The molecule has 2 aromatic rings. The molecular weight excluding hydrogens is 353 g/mol. The van der Waals surface area contributed by atoms with E-state index < -0.39 is 0 Å². The lowest BCUT2D eigenvalue weighted by atomic mass is 10.1. The second kappa shape index (κ2) is 7.37. The van der Waals surface area contributed by atoms with Gasteiger partial charge in [0, 0.05) is 17.5 Å². The predicted molar refractivity (Wildman–Crippen MR) is 90.0 cm³/mol. The zero-order chi connectivity index (χ0) is 13.0. The van der Waals surface area contributed by atoms with Gasteiger partial charge in [0.1, 0.15) is 17.9 Å². The highest BCUT2D eigenvalue weighted by Gasteiger charge is 2.08. The minimum atomic E-state index is 0. The first-order valence-corrected chi connectivity index (χ1v) is 6.23. The molecule has 0 atom stereocenters. The third kappa shape index (κ3) is 3.86. The molecule has 2 rings (SSSR count). The van der Waals surface area contributed by atoms with Crippen molar-refractivity contribution >= 4 is 40.9 Å². The maximum Gasteiger partial charge on any atom is 0.189 e. The Bertz CT molecular complexity index is 563. The van der Waals surface area contributed by atoms with E-state index in [4.69, 9.17) is 10.2 Å². The predicted octanol–water partition coefficient (Wildman–Crippen LogP) is 3.17. The normalized spacial score (nSPS) is 11.4. The molecule has 0 radical (unpaired) electrons. The molecule has 0 aliphatic carbocycles. The average Bonchev–Trinajstić information content (AvgIpc) is 2.71. The highest BCUT2D eigenvalue weighted by atomic mass is 127. The Kier molecular flexibility index (Phi) is 6.14. The lowest BCUT2D eigenvalue weighted by Crippen LogP contribution is -2.32. The number of para-hydroxylation sites is 1. The summed E-state index contributed by atoms with van der Waals surface area (Å²) in [5, 5.41) is 4.18. The van der Waals surface area contributed by atoms with Gasteiger partial charge in [-0.05, 0) is 19.4 Å². The van der Waals surface area contributed by atoms with Crippen LogP contribution in [0, 0.1) is 6.92 Å². The van der Waals surface area contributed by atoms with E-state index in [-0.39, 0.29) is 24.0 Å². The lowest BCUT2D eigenvalue weighted by molar-refractivity contribution is 0.548. The van der Waals surface area contributed by atoms with Gasteiger partial charge in [-0.3, -0.25) is 0 Å². The van der Waals surface area contributed by atoms with Crippen LogP contribution in [0.25, 0.3) is 11.0 Å². The molecule has 5 heteroatoms. The van der Waals surface area contributed by atoms with E-state index in [9.17, 15) is 0 Å². The first kappa shape index (κ1) is 15.8. The van der Waals surface area contributed by atoms with E-state index in [0.717, 1.165) is 35.3 Å². The van der Waals surface area contributed by atoms with Gasteiger partial charge in [0.15, 0.2) is 5.96 Å². The standard InChI is InChI=1S/C14H19N3O.HI/c1-3-8-16-14(15)17-9-13-10(2)11-6-4-5-7-12(11)18-13;/h4-7H,3,8-9H2,1-2H3,(H3,15,16,17);1H. The van der Waals surface area contributed by atoms with E-state index in [1.54, 1.807) is 0 Å². The number of nitrogens with zero attached hydrogens (tertiary/aromatic N) is 1. The summed E-state index contributed by atoms with van der Waals surface area (Å²) in [6.45, 7) is 5.45. The summed E-state index contributed by atoms with van der Waals surface area (Å²) >= 11 is 0. The molecule has 19 heavy (non-hydrogen) atoms. The maximum absolute atomic E-state index is 5.76. The zero-order valence-corrected chi connectivity index (χ0v) is 13.6. The van der Waals surface area contributed by atoms with Crippen LogP contribution in [0.15, 0.2) is 33.7 Å². The van der Waals surface area contributed by atoms with E-state index in [0.29, 0.717) is 12.5 Å². The van der Waals surface area contributed by atoms with Gasteiger partial charge < -0.3 is 15.5 Å². The fourth-order valence-corrected chi connectivity index (χ4v) is 1.84. The van der Waals surface area contributed by atoms with E-state index in [1.165, 1.54) is 0 Å². The molecule has 0 aliphatic heterocycles. The van der Waals surface area contributed by atoms with Crippen molar-refractivity contribution in [3.63, 3.8) is 0 Å². The number of guanidine groups is 1. The Morgan fingerprint density at radius 3 is 2.79 bits per heavy atom. The van der Waals surface area contributed by atoms with Crippen molar-refractivity contribution in [2.75, 3.05) is 6.54 Å². The summed E-state index contributed by atoms with van der Waals surface area (Å²) in [7, 11) is 0. The number of nitrogens with one attached hydrogen (secondary N) is 1. The molecule has 0 unspecified atom stereocenters. The fourth-order valence-electron chi connectivity index (χ4n) is 1.84. The number of hydrogen-bond donors (Lipinski definition) is 2. The molecule has 0 saturated carbocycles. The van der Waals surface area contributed by atoms with Crippen LogP contribution in [-0.2, 0) is 6.54 Å². The number of rotatable bonds is 4. The van der Waals surface area contributed by atoms with Crippen LogP contribution in [0.3, 0.4) is 0 Å². The quantitative estimate of drug-likeness (QED) is 0.492. The van der Waals surface area contributed by atoms with Gasteiger partial charge >= 0.3 is 0 Å². The van der Waals surface area contributed by atoms with Gasteiger partial charge in [0.25, 0.3) is 0 Å². The van der Waals surface area contributed by atoms with Crippen molar-refractivity contribution in [1.82, 2.24) is 5.32 Å². The van der Waals surface area contributed by atoms with Crippen LogP contribution in [0.1, 0.15) is 24.7 Å². The van der Waals surface area contributed by atoms with Gasteiger partial charge in [0.05, 0.1) is 0 Å². The molecule has 0 aliphatic rings. The number of aryl methyl sites for hydroxylation is 1. The molecule has 1 aromatic heterocycles. The number of nitrogens with two attached hydrogens (primary N) is 1. The topological polar surface area (TPSA) is 63.5 Å². The zero-order valence-electron chi connectivity index (χ0n) is 11.3. The molecule has 0 bridgehead atoms. The van der Waals surface area contributed by atoms with Crippen LogP contribution in [-0.4, -0.2) is 12.5 Å². The molecule has 4 nitrogen and oxygen atoms in total. The first-order valence-electron chi connectivity index (χ1n) is 6.23. The molecule has 1 heterocycles. The van der Waals surface area contributed by atoms with Crippen molar-refractivity contribution in [2.24, 2.45) is 10.7 Å². The summed E-state index contributed by atoms with van der Waals surface area (Å²) in [5.41, 5.74) is 7.79. The highest BCUT2D eigenvalue weighted by Crippen LogP contribution is 2.25. The highest BCUT2D eigenvalue weighted by molar-refractivity contribution is 14.0. The third-order valence-corrected chi connectivity index (χ3v) is 2.89. The Labute approximate surface area is 130 Å². The van der Waals surface area contributed by atoms with Gasteiger partial charge in [-0.1, -0.05) is 25.1 Å². The molecule has 0 fully saturated rings. The summed E-state index contributed by atoms with van der Waals surface area (Å²) in [6, 6.07) is 8.00. The van der Waals surface area contributed by atoms with Gasteiger partial charge in [0.2, 0.25) is 0 Å². The van der Waals surface area contributed by atoms with Crippen LogP contribution < -0.4 is 11.1 Å². The van der Waals surface area contributed by atoms with Gasteiger partial charge in [-0.15, -0.1) is 24.0 Å². The second-order valence-electron chi connectivity index (χ2n) is 4.27. The Hall–Kier alpha value is -1.24. The summed E-state index contributed by atoms with van der Waals surface area (Å²) in [4.78, 5) is 4.28. The molecule has 0 spiro atoms. The van der Waals surface area contributed by atoms with E-state index in [1.807, 2.05) is 25.1 Å². The molecular formula is C14H20IN3O. The van der Waals surface area contributed by atoms with Crippen molar-refractivity contribution in [3.8, 4) is 0 Å². The monoisotopic (exact) mass is 373 g/mol. The van der Waals surface area contributed by atoms with Crippen LogP contribution in [0.5, 0.6) is 0 Å². The number of hydrogen-bond acceptors (Lipinski definition) is 2. The summed E-state index contributed by atoms with van der Waals surface area (Å²) in [6.07, 6.45) is 1.03. The minimum Gasteiger partial charge on any atom is -0.459 e. The summed E-state index contributed by atoms with van der Waals surface area (Å²) in [5.74, 6) is 1.34. The molecule has 104 valence electrons. The SMILES string of the molecule is CCCNC(N)=NCc1oc2ccccc2c1C.I. The van der Waals surface area contributed by atoms with Crippen LogP contribution >= 0.6 is 24.0 Å². The smallest absolute Gasteiger partial charge is 0.189 e. The van der Waals surface area contributed by atoms with Crippen molar-refractivity contribution in [1.29, 1.82) is 0 Å². The summed E-state index contributed by atoms with van der Waals surface area (Å²) < 4.78 is 5.76. The Balaban J connectivity index is 0.00000180. The first-order chi connectivity index (χ1) is 8.72. The van der Waals surface area contributed by atoms with Crippen molar-refractivity contribution in [3.05, 3.63) is 35.6 Å². The van der Waals surface area contributed by atoms with Gasteiger partial charge in [-0.2, -0.15) is 0 Å². The Morgan fingerprint density at radius 1 is 1.37 bits per heavy atom. The molecule has 3 N–H and O–H groups in total. The van der Waals surface area contributed by atoms with Gasteiger partial charge in [-0.25, -0.2) is 4.99 Å². The number of aliphatic imine (C=N–C) groups is 1.